The number of nitrogens with zero attached hydrogens (tertiary/aromatic N) is 1. The Balaban J connectivity index is 2.76. The number of nitrogen functional groups attached to an aromatic ring is 1. The van der Waals surface area contributed by atoms with Crippen LogP contribution in [0.3, 0.4) is 0 Å². The lowest BCUT2D eigenvalue weighted by molar-refractivity contribution is -0.200. The van der Waals surface area contributed by atoms with Crippen LogP contribution in [0.5, 0.6) is 0 Å². The maximum atomic E-state index is 12.4. The van der Waals surface area contributed by atoms with Gasteiger partial charge in [-0.15, -0.1) is 13.2 Å². The van der Waals surface area contributed by atoms with Gasteiger partial charge in [0.25, 0.3) is 0 Å². The molecule has 2 N–H and O–H groups in total. The highest BCUT2D eigenvalue weighted by Crippen LogP contribution is 2.30. The van der Waals surface area contributed by atoms with E-state index in [1.807, 2.05) is 0 Å². The number of halogens is 3. The fourth-order valence-corrected chi connectivity index (χ4v) is 1.41. The van der Waals surface area contributed by atoms with E-state index in [2.05, 4.69) is 0 Å². The van der Waals surface area contributed by atoms with Crippen molar-refractivity contribution in [3.63, 3.8) is 0 Å². The molecule has 0 radical (unpaired) electrons. The molecule has 1 heterocycles. The Bertz CT molecular complexity index is 470. The first-order chi connectivity index (χ1) is 6.50. The lowest BCUT2D eigenvalue weighted by Gasteiger charge is -2.09. The van der Waals surface area contributed by atoms with Crippen molar-refractivity contribution in [2.45, 2.75) is 6.30 Å². The highest BCUT2D eigenvalue weighted by Gasteiger charge is 2.31. The Kier molecular flexibility index (Phi) is 1.70. The summed E-state index contributed by atoms with van der Waals surface area (Å²) in [5.74, 6) is 0. The van der Waals surface area contributed by atoms with Crippen LogP contribution in [-0.2, 0) is 6.30 Å². The second kappa shape index (κ2) is 2.67. The molecule has 0 saturated heterocycles. The van der Waals surface area contributed by atoms with E-state index in [-0.39, 0.29) is 10.1 Å². The van der Waals surface area contributed by atoms with E-state index >= 15 is 0 Å². The number of hydrogen-bond acceptors (Lipinski definition) is 1. The van der Waals surface area contributed by atoms with Crippen molar-refractivity contribution in [1.29, 1.82) is 0 Å². The van der Waals surface area contributed by atoms with Gasteiger partial charge in [0, 0.05) is 17.3 Å². The Morgan fingerprint density at radius 2 is 1.86 bits per heavy atom. The molecular formula is C9H7F3N2. The summed E-state index contributed by atoms with van der Waals surface area (Å²) in [5.41, 5.74) is 5.97. The van der Waals surface area contributed by atoms with E-state index in [0.29, 0.717) is 11.1 Å². The van der Waals surface area contributed by atoms with Crippen molar-refractivity contribution in [2.75, 3.05) is 5.73 Å². The van der Waals surface area contributed by atoms with Crippen LogP contribution in [0, 0.1) is 0 Å². The van der Waals surface area contributed by atoms with Crippen molar-refractivity contribution in [1.82, 2.24) is 4.57 Å². The minimum Gasteiger partial charge on any atom is -0.398 e. The third-order valence-corrected chi connectivity index (χ3v) is 2.04. The molecule has 2 aromatic rings. The van der Waals surface area contributed by atoms with Gasteiger partial charge in [0.05, 0.1) is 5.52 Å². The van der Waals surface area contributed by atoms with Crippen molar-refractivity contribution >= 4 is 16.6 Å². The zero-order chi connectivity index (χ0) is 10.3. The van der Waals surface area contributed by atoms with Crippen LogP contribution in [0.1, 0.15) is 0 Å². The van der Waals surface area contributed by atoms with Gasteiger partial charge < -0.3 is 5.73 Å². The Hall–Kier alpha value is -1.65. The predicted molar refractivity (Wildman–Crippen MR) is 47.6 cm³/mol. The molecule has 1 aromatic carbocycles. The first-order valence-electron chi connectivity index (χ1n) is 3.93. The highest BCUT2D eigenvalue weighted by molar-refractivity contribution is 5.91. The third kappa shape index (κ3) is 1.21. The summed E-state index contributed by atoms with van der Waals surface area (Å²) in [5, 5.41) is 0.421. The lowest BCUT2D eigenvalue weighted by atomic mass is 10.2. The normalized spacial score (nSPS) is 12.2. The molecule has 0 aliphatic carbocycles. The van der Waals surface area contributed by atoms with Gasteiger partial charge in [-0.3, -0.25) is 4.57 Å². The van der Waals surface area contributed by atoms with E-state index in [1.165, 1.54) is 18.2 Å². The number of fused-ring (bicyclic) bond motifs is 1. The fraction of sp³-hybridized carbons (Fsp3) is 0.111. The van der Waals surface area contributed by atoms with E-state index in [4.69, 9.17) is 5.73 Å². The average Bonchev–Trinajstić information content (AvgIpc) is 2.47. The Morgan fingerprint density at radius 1 is 1.14 bits per heavy atom. The van der Waals surface area contributed by atoms with E-state index in [9.17, 15) is 13.2 Å². The molecule has 5 heteroatoms. The largest absolute Gasteiger partial charge is 0.488 e. The molecule has 0 spiro atoms. The summed E-state index contributed by atoms with van der Waals surface area (Å²) in [6.45, 7) is 0. The molecule has 74 valence electrons. The molecule has 14 heavy (non-hydrogen) atoms. The molecule has 0 bridgehead atoms. The SMILES string of the molecule is Nc1cccc2c1ccn2C(F)(F)F. The van der Waals surface area contributed by atoms with Gasteiger partial charge in [-0.1, -0.05) is 6.07 Å². The third-order valence-electron chi connectivity index (χ3n) is 2.04. The summed E-state index contributed by atoms with van der Waals surface area (Å²) in [6.07, 6.45) is -3.42. The summed E-state index contributed by atoms with van der Waals surface area (Å²) >= 11 is 0. The van der Waals surface area contributed by atoms with Crippen molar-refractivity contribution in [3.05, 3.63) is 30.5 Å². The molecule has 0 amide bonds. The number of hydrogen-bond donors (Lipinski definition) is 1. The molecule has 0 aliphatic heterocycles. The van der Waals surface area contributed by atoms with Gasteiger partial charge in [-0.05, 0) is 18.2 Å². The standard InChI is InChI=1S/C9H7F3N2/c10-9(11,12)14-5-4-6-7(13)2-1-3-8(6)14/h1-5H,13H2. The van der Waals surface area contributed by atoms with Crippen LogP contribution in [0.2, 0.25) is 0 Å². The second-order valence-electron chi connectivity index (χ2n) is 2.93. The molecule has 0 aliphatic rings. The fourth-order valence-electron chi connectivity index (χ4n) is 1.41. The molecular weight excluding hydrogens is 193 g/mol. The van der Waals surface area contributed by atoms with E-state index < -0.39 is 6.30 Å². The van der Waals surface area contributed by atoms with Crippen molar-refractivity contribution < 1.29 is 13.2 Å². The average molecular weight is 200 g/mol. The van der Waals surface area contributed by atoms with Crippen LogP contribution in [0.4, 0.5) is 18.9 Å². The highest BCUT2D eigenvalue weighted by atomic mass is 19.4. The number of aromatic nitrogens is 1. The summed E-state index contributed by atoms with van der Waals surface area (Å²) in [6, 6.07) is 5.82. The molecule has 0 fully saturated rings. The van der Waals surface area contributed by atoms with Gasteiger partial charge in [-0.2, -0.15) is 0 Å². The van der Waals surface area contributed by atoms with Gasteiger partial charge in [-0.25, -0.2) is 0 Å². The summed E-state index contributed by atoms with van der Waals surface area (Å²) in [7, 11) is 0. The molecule has 0 unspecified atom stereocenters. The Labute approximate surface area is 77.7 Å². The minimum atomic E-state index is -4.39. The number of anilines is 1. The maximum absolute atomic E-state index is 12.4. The topological polar surface area (TPSA) is 30.9 Å². The molecule has 0 saturated carbocycles. The predicted octanol–water partition coefficient (Wildman–Crippen LogP) is 2.70. The van der Waals surface area contributed by atoms with Gasteiger partial charge in [0.15, 0.2) is 0 Å². The lowest BCUT2D eigenvalue weighted by Crippen LogP contribution is -2.14. The van der Waals surface area contributed by atoms with Crippen molar-refractivity contribution in [2.24, 2.45) is 0 Å². The molecule has 2 rings (SSSR count). The Morgan fingerprint density at radius 3 is 2.50 bits per heavy atom. The summed E-state index contributed by atoms with van der Waals surface area (Å²) in [4.78, 5) is 0. The number of benzene rings is 1. The van der Waals surface area contributed by atoms with E-state index in [0.717, 1.165) is 6.20 Å². The molecule has 2 nitrogen and oxygen atoms in total. The first kappa shape index (κ1) is 8.93. The van der Waals surface area contributed by atoms with Crippen LogP contribution in [-0.4, -0.2) is 4.57 Å². The number of nitrogens with two attached hydrogens (primary N) is 1. The number of alkyl halides is 3. The molecule has 1 aromatic heterocycles. The molecule has 0 atom stereocenters. The van der Waals surface area contributed by atoms with Gasteiger partial charge in [0.1, 0.15) is 0 Å². The van der Waals surface area contributed by atoms with Crippen LogP contribution >= 0.6 is 0 Å². The van der Waals surface area contributed by atoms with Gasteiger partial charge in [0.2, 0.25) is 0 Å². The quantitative estimate of drug-likeness (QED) is 0.651. The first-order valence-corrected chi connectivity index (χ1v) is 3.93. The zero-order valence-corrected chi connectivity index (χ0v) is 7.05. The zero-order valence-electron chi connectivity index (χ0n) is 7.05. The monoisotopic (exact) mass is 200 g/mol. The van der Waals surface area contributed by atoms with Crippen LogP contribution in [0.15, 0.2) is 30.5 Å². The van der Waals surface area contributed by atoms with Crippen LogP contribution in [0.25, 0.3) is 10.9 Å². The van der Waals surface area contributed by atoms with Gasteiger partial charge >= 0.3 is 6.30 Å². The number of rotatable bonds is 0. The van der Waals surface area contributed by atoms with Crippen LogP contribution < -0.4 is 5.73 Å². The summed E-state index contributed by atoms with van der Waals surface area (Å²) < 4.78 is 37.5. The van der Waals surface area contributed by atoms with E-state index in [1.54, 1.807) is 6.07 Å². The van der Waals surface area contributed by atoms with Crippen molar-refractivity contribution in [3.8, 4) is 0 Å². The maximum Gasteiger partial charge on any atom is 0.488 e. The smallest absolute Gasteiger partial charge is 0.398 e. The second-order valence-corrected chi connectivity index (χ2v) is 2.93. The minimum absolute atomic E-state index is 0.0810.